The Morgan fingerprint density at radius 2 is 2.64 bits per heavy atom. The zero-order valence-electron chi connectivity index (χ0n) is 8.55. The molecule has 0 amide bonds. The Balaban J connectivity index is 1.72. The average molecular weight is 211 g/mol. The largest absolute Gasteiger partial charge is 0.310 e. The van der Waals surface area contributed by atoms with E-state index in [1.165, 1.54) is 17.8 Å². The first-order chi connectivity index (χ1) is 6.79. The van der Waals surface area contributed by atoms with E-state index in [1.54, 1.807) is 11.3 Å². The van der Waals surface area contributed by atoms with Gasteiger partial charge in [-0.25, -0.2) is 4.98 Å². The minimum atomic E-state index is 0.303. The molecule has 0 aliphatic carbocycles. The molecule has 0 bridgehead atoms. The fourth-order valence-corrected chi connectivity index (χ4v) is 2.48. The number of hydrogen-bond donors (Lipinski definition) is 2. The Morgan fingerprint density at radius 1 is 1.71 bits per heavy atom. The van der Waals surface area contributed by atoms with Crippen LogP contribution in [0, 0.1) is 0 Å². The molecule has 1 atom stereocenters. The van der Waals surface area contributed by atoms with Crippen molar-refractivity contribution in [3.05, 3.63) is 16.6 Å². The summed E-state index contributed by atoms with van der Waals surface area (Å²) in [5.74, 6) is 0. The van der Waals surface area contributed by atoms with Gasteiger partial charge in [0.2, 0.25) is 0 Å². The summed E-state index contributed by atoms with van der Waals surface area (Å²) in [6.07, 6.45) is 4.44. The predicted molar refractivity (Wildman–Crippen MR) is 59.5 cm³/mol. The van der Waals surface area contributed by atoms with Crippen molar-refractivity contribution in [1.82, 2.24) is 15.6 Å². The second-order valence-corrected chi connectivity index (χ2v) is 5.10. The van der Waals surface area contributed by atoms with Crippen molar-refractivity contribution in [3.8, 4) is 0 Å². The Hall–Kier alpha value is -0.450. The molecule has 2 rings (SSSR count). The summed E-state index contributed by atoms with van der Waals surface area (Å²) in [6.45, 7) is 5.38. The minimum absolute atomic E-state index is 0.303. The van der Waals surface area contributed by atoms with E-state index >= 15 is 0 Å². The third-order valence-corrected chi connectivity index (χ3v) is 3.51. The molecule has 2 N–H and O–H groups in total. The van der Waals surface area contributed by atoms with Crippen molar-refractivity contribution in [2.75, 3.05) is 13.1 Å². The van der Waals surface area contributed by atoms with E-state index in [4.69, 9.17) is 0 Å². The molecule has 1 unspecified atom stereocenters. The monoisotopic (exact) mass is 211 g/mol. The van der Waals surface area contributed by atoms with Gasteiger partial charge in [0.1, 0.15) is 5.01 Å². The van der Waals surface area contributed by atoms with Crippen LogP contribution in [0.2, 0.25) is 0 Å². The first-order valence-corrected chi connectivity index (χ1v) is 6.01. The van der Waals surface area contributed by atoms with Crippen molar-refractivity contribution < 1.29 is 0 Å². The minimum Gasteiger partial charge on any atom is -0.310 e. The van der Waals surface area contributed by atoms with Gasteiger partial charge < -0.3 is 10.6 Å². The summed E-state index contributed by atoms with van der Waals surface area (Å²) in [5, 5.41) is 10.2. The van der Waals surface area contributed by atoms with E-state index < -0.39 is 0 Å². The van der Waals surface area contributed by atoms with Crippen LogP contribution in [0.25, 0.3) is 0 Å². The van der Waals surface area contributed by atoms with Gasteiger partial charge in [0.15, 0.2) is 0 Å². The molecule has 1 fully saturated rings. The van der Waals surface area contributed by atoms with E-state index in [2.05, 4.69) is 22.5 Å². The molecule has 0 radical (unpaired) electrons. The maximum atomic E-state index is 4.24. The molecule has 3 nitrogen and oxygen atoms in total. The smallest absolute Gasteiger partial charge is 0.106 e. The molecule has 2 heterocycles. The zero-order valence-corrected chi connectivity index (χ0v) is 9.36. The third kappa shape index (κ3) is 2.53. The highest BCUT2D eigenvalue weighted by Gasteiger charge is 2.27. The van der Waals surface area contributed by atoms with Crippen LogP contribution in [0.3, 0.4) is 0 Å². The normalized spacial score (nSPS) is 26.9. The molecule has 4 heteroatoms. The Bertz CT molecular complexity index is 265. The highest BCUT2D eigenvalue weighted by Crippen LogP contribution is 2.17. The Kier molecular flexibility index (Phi) is 3.15. The summed E-state index contributed by atoms with van der Waals surface area (Å²) >= 11 is 1.71. The molecule has 1 aliphatic rings. The first kappa shape index (κ1) is 10.1. The lowest BCUT2D eigenvalue weighted by Gasteiger charge is -2.24. The van der Waals surface area contributed by atoms with Crippen molar-refractivity contribution in [2.24, 2.45) is 0 Å². The fourth-order valence-electron chi connectivity index (χ4n) is 1.89. The second kappa shape index (κ2) is 4.38. The van der Waals surface area contributed by atoms with Gasteiger partial charge in [0, 0.05) is 30.2 Å². The van der Waals surface area contributed by atoms with Crippen LogP contribution >= 0.6 is 11.3 Å². The lowest BCUT2D eigenvalue weighted by molar-refractivity contribution is 0.385. The topological polar surface area (TPSA) is 37.0 Å². The quantitative estimate of drug-likeness (QED) is 0.790. The molecule has 1 aliphatic heterocycles. The number of hydrogen-bond acceptors (Lipinski definition) is 4. The van der Waals surface area contributed by atoms with Crippen LogP contribution in [0.4, 0.5) is 0 Å². The molecule has 1 aromatic heterocycles. The SMILES string of the molecule is CC1(CNCc2nccs2)CCCN1. The summed E-state index contributed by atoms with van der Waals surface area (Å²) in [6, 6.07) is 0. The van der Waals surface area contributed by atoms with Crippen molar-refractivity contribution in [3.63, 3.8) is 0 Å². The molecule has 78 valence electrons. The molecule has 0 aromatic carbocycles. The van der Waals surface area contributed by atoms with Gasteiger partial charge in [-0.1, -0.05) is 0 Å². The van der Waals surface area contributed by atoms with Crippen LogP contribution in [0.1, 0.15) is 24.8 Å². The lowest BCUT2D eigenvalue weighted by Crippen LogP contribution is -2.45. The maximum Gasteiger partial charge on any atom is 0.106 e. The van der Waals surface area contributed by atoms with Gasteiger partial charge in [-0.05, 0) is 26.3 Å². The molecular weight excluding hydrogens is 194 g/mol. The summed E-state index contributed by atoms with van der Waals surface area (Å²) < 4.78 is 0. The predicted octanol–water partition coefficient (Wildman–Crippen LogP) is 1.37. The molecule has 0 saturated carbocycles. The zero-order chi connectivity index (χ0) is 9.86. The van der Waals surface area contributed by atoms with Crippen LogP contribution in [-0.2, 0) is 6.54 Å². The summed E-state index contributed by atoms with van der Waals surface area (Å²) in [7, 11) is 0. The Morgan fingerprint density at radius 3 is 3.29 bits per heavy atom. The van der Waals surface area contributed by atoms with Gasteiger partial charge in [0.25, 0.3) is 0 Å². The molecule has 14 heavy (non-hydrogen) atoms. The average Bonchev–Trinajstić information content (AvgIpc) is 2.77. The molecule has 1 saturated heterocycles. The van der Waals surface area contributed by atoms with E-state index in [9.17, 15) is 0 Å². The highest BCUT2D eigenvalue weighted by atomic mass is 32.1. The van der Waals surface area contributed by atoms with Crippen LogP contribution in [0.5, 0.6) is 0 Å². The first-order valence-electron chi connectivity index (χ1n) is 5.13. The number of nitrogens with zero attached hydrogens (tertiary/aromatic N) is 1. The molecular formula is C10H17N3S. The Labute approximate surface area is 88.9 Å². The van der Waals surface area contributed by atoms with E-state index in [-0.39, 0.29) is 0 Å². The van der Waals surface area contributed by atoms with Crippen LogP contribution in [0.15, 0.2) is 11.6 Å². The standard InChI is InChI=1S/C10H17N3S/c1-10(3-2-4-13-10)8-11-7-9-12-5-6-14-9/h5-6,11,13H,2-4,7-8H2,1H3. The van der Waals surface area contributed by atoms with Gasteiger partial charge in [0.05, 0.1) is 0 Å². The van der Waals surface area contributed by atoms with Gasteiger partial charge in [-0.15, -0.1) is 11.3 Å². The molecule has 0 spiro atoms. The van der Waals surface area contributed by atoms with E-state index in [0.29, 0.717) is 5.54 Å². The number of aromatic nitrogens is 1. The summed E-state index contributed by atoms with van der Waals surface area (Å²) in [4.78, 5) is 4.24. The second-order valence-electron chi connectivity index (χ2n) is 4.12. The maximum absolute atomic E-state index is 4.24. The van der Waals surface area contributed by atoms with Gasteiger partial charge in [-0.2, -0.15) is 0 Å². The van der Waals surface area contributed by atoms with Crippen LogP contribution < -0.4 is 10.6 Å². The van der Waals surface area contributed by atoms with Gasteiger partial charge in [-0.3, -0.25) is 0 Å². The van der Waals surface area contributed by atoms with Crippen molar-refractivity contribution in [1.29, 1.82) is 0 Å². The van der Waals surface area contributed by atoms with Gasteiger partial charge >= 0.3 is 0 Å². The van der Waals surface area contributed by atoms with Crippen LogP contribution in [-0.4, -0.2) is 23.6 Å². The third-order valence-electron chi connectivity index (χ3n) is 2.73. The van der Waals surface area contributed by atoms with E-state index in [1.807, 2.05) is 11.6 Å². The fraction of sp³-hybridized carbons (Fsp3) is 0.700. The number of thiazole rings is 1. The van der Waals surface area contributed by atoms with Crippen molar-refractivity contribution >= 4 is 11.3 Å². The highest BCUT2D eigenvalue weighted by molar-refractivity contribution is 7.09. The number of nitrogens with one attached hydrogen (secondary N) is 2. The van der Waals surface area contributed by atoms with Crippen molar-refractivity contribution in [2.45, 2.75) is 31.8 Å². The number of rotatable bonds is 4. The summed E-state index contributed by atoms with van der Waals surface area (Å²) in [5.41, 5.74) is 0.303. The molecule has 1 aromatic rings. The lowest BCUT2D eigenvalue weighted by atomic mass is 10.0. The van der Waals surface area contributed by atoms with E-state index in [0.717, 1.165) is 19.6 Å².